The first-order valence-electron chi connectivity index (χ1n) is 6.26. The summed E-state index contributed by atoms with van der Waals surface area (Å²) in [7, 11) is 0. The maximum Gasteiger partial charge on any atom is 0.275 e. The summed E-state index contributed by atoms with van der Waals surface area (Å²) in [6.45, 7) is 2.73. The molecule has 1 N–H and O–H groups in total. The van der Waals surface area contributed by atoms with Crippen LogP contribution < -0.4 is 5.32 Å². The summed E-state index contributed by atoms with van der Waals surface area (Å²) in [5, 5.41) is 14.7. The van der Waals surface area contributed by atoms with E-state index in [0.29, 0.717) is 23.1 Å². The standard InChI is InChI=1S/C14H14ClN3O2/c1-2-7-16-14-9-12(18(19)20)8-13(17-14)10-3-5-11(15)6-4-10/h3-6,8-9H,2,7H2,1H3,(H,16,17). The lowest BCUT2D eigenvalue weighted by Gasteiger charge is -2.07. The molecule has 1 aromatic heterocycles. The Morgan fingerprint density at radius 1 is 1.30 bits per heavy atom. The summed E-state index contributed by atoms with van der Waals surface area (Å²) in [5.74, 6) is 0.506. The van der Waals surface area contributed by atoms with Crippen molar-refractivity contribution >= 4 is 23.1 Å². The van der Waals surface area contributed by atoms with Gasteiger partial charge in [-0.15, -0.1) is 0 Å². The third kappa shape index (κ3) is 3.45. The molecule has 0 amide bonds. The smallest absolute Gasteiger partial charge is 0.275 e. The van der Waals surface area contributed by atoms with E-state index in [1.165, 1.54) is 12.1 Å². The van der Waals surface area contributed by atoms with Crippen molar-refractivity contribution in [1.29, 1.82) is 0 Å². The highest BCUT2D eigenvalue weighted by Crippen LogP contribution is 2.26. The lowest BCUT2D eigenvalue weighted by molar-refractivity contribution is -0.384. The van der Waals surface area contributed by atoms with Crippen LogP contribution >= 0.6 is 11.6 Å². The van der Waals surface area contributed by atoms with E-state index in [-0.39, 0.29) is 5.69 Å². The van der Waals surface area contributed by atoms with Crippen molar-refractivity contribution in [2.75, 3.05) is 11.9 Å². The molecule has 0 fully saturated rings. The monoisotopic (exact) mass is 291 g/mol. The van der Waals surface area contributed by atoms with Crippen molar-refractivity contribution in [2.45, 2.75) is 13.3 Å². The fourth-order valence-corrected chi connectivity index (χ4v) is 1.86. The van der Waals surface area contributed by atoms with E-state index in [9.17, 15) is 10.1 Å². The summed E-state index contributed by atoms with van der Waals surface area (Å²) < 4.78 is 0. The maximum absolute atomic E-state index is 11.0. The van der Waals surface area contributed by atoms with E-state index in [4.69, 9.17) is 11.6 Å². The lowest BCUT2D eigenvalue weighted by Crippen LogP contribution is -2.03. The minimum absolute atomic E-state index is 0.0172. The molecule has 0 saturated heterocycles. The first-order chi connectivity index (χ1) is 9.60. The van der Waals surface area contributed by atoms with Gasteiger partial charge >= 0.3 is 0 Å². The van der Waals surface area contributed by atoms with Crippen LogP contribution in [0.4, 0.5) is 11.5 Å². The zero-order valence-electron chi connectivity index (χ0n) is 11.0. The molecule has 2 aromatic rings. The normalized spacial score (nSPS) is 10.3. The number of nitrogens with one attached hydrogen (secondary N) is 1. The van der Waals surface area contributed by atoms with Crippen molar-refractivity contribution < 1.29 is 4.92 Å². The number of pyridine rings is 1. The van der Waals surface area contributed by atoms with Crippen LogP contribution in [0, 0.1) is 10.1 Å². The summed E-state index contributed by atoms with van der Waals surface area (Å²) >= 11 is 5.84. The van der Waals surface area contributed by atoms with Gasteiger partial charge in [0.15, 0.2) is 0 Å². The Kier molecular flexibility index (Phi) is 4.53. The van der Waals surface area contributed by atoms with Gasteiger partial charge in [0, 0.05) is 23.2 Å². The van der Waals surface area contributed by atoms with Crippen LogP contribution in [0.2, 0.25) is 5.02 Å². The van der Waals surface area contributed by atoms with Crippen LogP contribution in [0.1, 0.15) is 13.3 Å². The van der Waals surface area contributed by atoms with E-state index in [2.05, 4.69) is 10.3 Å². The second-order valence-corrected chi connectivity index (χ2v) is 4.72. The molecule has 0 radical (unpaired) electrons. The van der Waals surface area contributed by atoms with Gasteiger partial charge in [0.25, 0.3) is 5.69 Å². The highest BCUT2D eigenvalue weighted by molar-refractivity contribution is 6.30. The fourth-order valence-electron chi connectivity index (χ4n) is 1.73. The quantitative estimate of drug-likeness (QED) is 0.664. The number of hydrogen-bond donors (Lipinski definition) is 1. The molecule has 0 atom stereocenters. The number of nitro groups is 1. The number of benzene rings is 1. The molecule has 0 aliphatic rings. The lowest BCUT2D eigenvalue weighted by atomic mass is 10.1. The molecule has 0 spiro atoms. The van der Waals surface area contributed by atoms with Gasteiger partial charge in [0.1, 0.15) is 5.82 Å². The third-order valence-corrected chi connectivity index (χ3v) is 2.97. The van der Waals surface area contributed by atoms with E-state index in [0.717, 1.165) is 12.0 Å². The first kappa shape index (κ1) is 14.3. The van der Waals surface area contributed by atoms with Crippen LogP contribution in [-0.2, 0) is 0 Å². The first-order valence-corrected chi connectivity index (χ1v) is 6.64. The van der Waals surface area contributed by atoms with E-state index < -0.39 is 4.92 Å². The number of hydrogen-bond acceptors (Lipinski definition) is 4. The number of anilines is 1. The van der Waals surface area contributed by atoms with Crippen LogP contribution in [0.3, 0.4) is 0 Å². The molecule has 0 saturated carbocycles. The van der Waals surface area contributed by atoms with Crippen molar-refractivity contribution in [2.24, 2.45) is 0 Å². The van der Waals surface area contributed by atoms with E-state index in [1.54, 1.807) is 24.3 Å². The predicted octanol–water partition coefficient (Wildman–Crippen LogP) is 4.13. The van der Waals surface area contributed by atoms with Crippen LogP contribution in [-0.4, -0.2) is 16.5 Å². The molecular weight excluding hydrogens is 278 g/mol. The van der Waals surface area contributed by atoms with Crippen LogP contribution in [0.5, 0.6) is 0 Å². The van der Waals surface area contributed by atoms with Gasteiger partial charge < -0.3 is 5.32 Å². The highest BCUT2D eigenvalue weighted by atomic mass is 35.5. The maximum atomic E-state index is 11.0. The highest BCUT2D eigenvalue weighted by Gasteiger charge is 2.12. The van der Waals surface area contributed by atoms with Crippen molar-refractivity contribution in [3.63, 3.8) is 0 Å². The van der Waals surface area contributed by atoms with Crippen LogP contribution in [0.25, 0.3) is 11.3 Å². The number of aromatic nitrogens is 1. The Balaban J connectivity index is 2.43. The molecule has 0 unspecified atom stereocenters. The summed E-state index contributed by atoms with van der Waals surface area (Å²) in [6, 6.07) is 9.94. The molecule has 20 heavy (non-hydrogen) atoms. The zero-order chi connectivity index (χ0) is 14.5. The molecule has 2 rings (SSSR count). The van der Waals surface area contributed by atoms with Gasteiger partial charge in [-0.2, -0.15) is 0 Å². The van der Waals surface area contributed by atoms with Gasteiger partial charge in [-0.3, -0.25) is 10.1 Å². The third-order valence-electron chi connectivity index (χ3n) is 2.72. The van der Waals surface area contributed by atoms with E-state index in [1.807, 2.05) is 6.92 Å². The van der Waals surface area contributed by atoms with Crippen molar-refractivity contribution in [3.05, 3.63) is 51.5 Å². The van der Waals surface area contributed by atoms with Gasteiger partial charge in [-0.25, -0.2) is 4.98 Å². The van der Waals surface area contributed by atoms with Gasteiger partial charge in [-0.05, 0) is 18.6 Å². The molecule has 6 heteroatoms. The van der Waals surface area contributed by atoms with Crippen molar-refractivity contribution in [1.82, 2.24) is 4.98 Å². The van der Waals surface area contributed by atoms with Gasteiger partial charge in [0.05, 0.1) is 16.7 Å². The molecule has 104 valence electrons. The Morgan fingerprint density at radius 2 is 2.00 bits per heavy atom. The zero-order valence-corrected chi connectivity index (χ0v) is 11.7. The second-order valence-electron chi connectivity index (χ2n) is 4.29. The second kappa shape index (κ2) is 6.34. The molecular formula is C14H14ClN3O2. The van der Waals surface area contributed by atoms with Gasteiger partial charge in [-0.1, -0.05) is 30.7 Å². The number of nitrogens with zero attached hydrogens (tertiary/aromatic N) is 2. The summed E-state index contributed by atoms with van der Waals surface area (Å²) in [5.41, 5.74) is 1.36. The molecule has 1 heterocycles. The predicted molar refractivity (Wildman–Crippen MR) is 80.1 cm³/mol. The minimum Gasteiger partial charge on any atom is -0.370 e. The topological polar surface area (TPSA) is 68.1 Å². The molecule has 1 aromatic carbocycles. The summed E-state index contributed by atoms with van der Waals surface area (Å²) in [6.07, 6.45) is 0.917. The molecule has 0 aliphatic heterocycles. The Labute approximate surface area is 121 Å². The number of halogens is 1. The molecule has 5 nitrogen and oxygen atoms in total. The Hall–Kier alpha value is -2.14. The average molecular weight is 292 g/mol. The summed E-state index contributed by atoms with van der Waals surface area (Å²) in [4.78, 5) is 15.0. The Morgan fingerprint density at radius 3 is 2.60 bits per heavy atom. The average Bonchev–Trinajstić information content (AvgIpc) is 2.45. The van der Waals surface area contributed by atoms with Crippen molar-refractivity contribution in [3.8, 4) is 11.3 Å². The fraction of sp³-hybridized carbons (Fsp3) is 0.214. The SMILES string of the molecule is CCCNc1cc([N+](=O)[O-])cc(-c2ccc(Cl)cc2)n1. The molecule has 0 bridgehead atoms. The minimum atomic E-state index is -0.418. The molecule has 0 aliphatic carbocycles. The Bertz CT molecular complexity index is 614. The van der Waals surface area contributed by atoms with E-state index >= 15 is 0 Å². The largest absolute Gasteiger partial charge is 0.370 e. The number of rotatable bonds is 5. The van der Waals surface area contributed by atoms with Gasteiger partial charge in [0.2, 0.25) is 0 Å². The van der Waals surface area contributed by atoms with Crippen LogP contribution in [0.15, 0.2) is 36.4 Å².